The van der Waals surface area contributed by atoms with E-state index >= 15 is 0 Å². The van der Waals surface area contributed by atoms with Crippen molar-refractivity contribution in [1.29, 1.82) is 0 Å². The summed E-state index contributed by atoms with van der Waals surface area (Å²) in [7, 11) is 0. The first kappa shape index (κ1) is 28.9. The molecule has 44 heavy (non-hydrogen) atoms. The lowest BCUT2D eigenvalue weighted by Crippen LogP contribution is -1.93. The average molecular weight is 567 g/mol. The second-order valence-electron chi connectivity index (χ2n) is 10.8. The summed E-state index contributed by atoms with van der Waals surface area (Å²) in [5.74, 6) is 0. The van der Waals surface area contributed by atoms with Crippen molar-refractivity contribution in [3.63, 3.8) is 0 Å². The fourth-order valence-electron chi connectivity index (χ4n) is 6.45. The molecule has 0 nitrogen and oxygen atoms in total. The van der Waals surface area contributed by atoms with E-state index in [0.29, 0.717) is 0 Å². The largest absolute Gasteiger partial charge is 0.0871 e. The van der Waals surface area contributed by atoms with Crippen LogP contribution in [0.15, 0.2) is 158 Å². The van der Waals surface area contributed by atoms with E-state index in [-0.39, 0.29) is 0 Å². The Kier molecular flexibility index (Phi) is 8.52. The van der Waals surface area contributed by atoms with Crippen LogP contribution in [0.1, 0.15) is 33.3 Å². The maximum atomic E-state index is 2.37. The van der Waals surface area contributed by atoms with Crippen LogP contribution in [-0.4, -0.2) is 0 Å². The summed E-state index contributed by atoms with van der Waals surface area (Å²) < 4.78 is 0. The molecule has 0 fully saturated rings. The third-order valence-corrected chi connectivity index (χ3v) is 8.31. The molecule has 0 aliphatic carbocycles. The summed E-state index contributed by atoms with van der Waals surface area (Å²) in [4.78, 5) is 0. The van der Waals surface area contributed by atoms with Crippen LogP contribution in [0.2, 0.25) is 0 Å². The van der Waals surface area contributed by atoms with E-state index in [1.165, 1.54) is 76.8 Å². The van der Waals surface area contributed by atoms with Gasteiger partial charge >= 0.3 is 0 Å². The third kappa shape index (κ3) is 5.25. The number of rotatable bonds is 5. The van der Waals surface area contributed by atoms with Crippen molar-refractivity contribution in [1.82, 2.24) is 0 Å². The smallest absolute Gasteiger partial charge is 0.00201 e. The minimum absolute atomic E-state index is 1.22. The SMILES string of the molecule is C/C=C\C(=C/C)c1cc(-c2ccccc2)cc(-c2c3ccccc3c(-c3cccc4ccccc34)c3ccccc23)c1.CC. The fraction of sp³-hybridized carbons (Fsp3) is 0.0909. The van der Waals surface area contributed by atoms with E-state index in [9.17, 15) is 0 Å². The van der Waals surface area contributed by atoms with E-state index in [2.05, 4.69) is 172 Å². The van der Waals surface area contributed by atoms with Crippen LogP contribution in [0, 0.1) is 0 Å². The number of benzene rings is 7. The first-order chi connectivity index (χ1) is 21.8. The van der Waals surface area contributed by atoms with Gasteiger partial charge in [-0.1, -0.05) is 153 Å². The van der Waals surface area contributed by atoms with Gasteiger partial charge in [0, 0.05) is 0 Å². The van der Waals surface area contributed by atoms with E-state index in [0.717, 1.165) is 0 Å². The van der Waals surface area contributed by atoms with Gasteiger partial charge in [0.25, 0.3) is 0 Å². The maximum Gasteiger partial charge on any atom is -0.00201 e. The molecule has 7 aromatic carbocycles. The van der Waals surface area contributed by atoms with Gasteiger partial charge in [0.15, 0.2) is 0 Å². The number of hydrogen-bond donors (Lipinski definition) is 0. The van der Waals surface area contributed by atoms with Gasteiger partial charge in [0.1, 0.15) is 0 Å². The molecule has 0 aromatic heterocycles. The molecule has 0 atom stereocenters. The summed E-state index contributed by atoms with van der Waals surface area (Å²) in [5, 5.41) is 7.62. The lowest BCUT2D eigenvalue weighted by molar-refractivity contribution is 1.50. The van der Waals surface area contributed by atoms with Crippen molar-refractivity contribution in [2.24, 2.45) is 0 Å². The Morgan fingerprint density at radius 3 is 1.59 bits per heavy atom. The Hall–Kier alpha value is -5.20. The third-order valence-electron chi connectivity index (χ3n) is 8.31. The molecular weight excluding hydrogens is 528 g/mol. The minimum atomic E-state index is 1.22. The molecule has 0 bridgehead atoms. The van der Waals surface area contributed by atoms with Crippen LogP contribution in [0.25, 0.3) is 71.3 Å². The Labute approximate surface area is 261 Å². The Morgan fingerprint density at radius 2 is 0.977 bits per heavy atom. The maximum absolute atomic E-state index is 2.37. The van der Waals surface area contributed by atoms with Crippen LogP contribution < -0.4 is 0 Å². The van der Waals surface area contributed by atoms with E-state index in [1.807, 2.05) is 13.8 Å². The molecule has 0 radical (unpaired) electrons. The standard InChI is InChI=1S/C42H32.C2H6/c1-3-15-29(4-2)32-26-33(30-16-6-5-7-17-30)28-34(27-32)41-37-21-10-12-23-39(37)42(40-24-13-11-22-38(40)41)36-25-14-19-31-18-8-9-20-35(31)36;1-2/h3-28H,1-2H3;1-2H3/b15-3-,29-4+;. The quantitative estimate of drug-likeness (QED) is 0.144. The molecule has 0 aliphatic rings. The van der Waals surface area contributed by atoms with Gasteiger partial charge < -0.3 is 0 Å². The highest BCUT2D eigenvalue weighted by Crippen LogP contribution is 2.46. The minimum Gasteiger partial charge on any atom is -0.0871 e. The van der Waals surface area contributed by atoms with E-state index < -0.39 is 0 Å². The Bertz CT molecular complexity index is 2080. The first-order valence-electron chi connectivity index (χ1n) is 15.7. The lowest BCUT2D eigenvalue weighted by atomic mass is 9.83. The topological polar surface area (TPSA) is 0 Å². The molecule has 0 amide bonds. The molecular formula is C44H38. The fourth-order valence-corrected chi connectivity index (χ4v) is 6.45. The molecule has 0 saturated heterocycles. The molecule has 0 spiro atoms. The van der Waals surface area contributed by atoms with Crippen LogP contribution in [0.4, 0.5) is 0 Å². The molecule has 0 heteroatoms. The van der Waals surface area contributed by atoms with Crippen molar-refractivity contribution in [3.8, 4) is 33.4 Å². The molecule has 0 heterocycles. The molecule has 214 valence electrons. The molecule has 7 aromatic rings. The molecule has 0 unspecified atom stereocenters. The summed E-state index contributed by atoms with van der Waals surface area (Å²) in [6, 6.07) is 51.0. The monoisotopic (exact) mass is 566 g/mol. The van der Waals surface area contributed by atoms with Crippen molar-refractivity contribution < 1.29 is 0 Å². The normalized spacial score (nSPS) is 11.7. The predicted molar refractivity (Wildman–Crippen MR) is 195 cm³/mol. The van der Waals surface area contributed by atoms with Crippen molar-refractivity contribution in [2.45, 2.75) is 27.7 Å². The summed E-state index contributed by atoms with van der Waals surface area (Å²) in [5.41, 5.74) is 9.96. The zero-order chi connectivity index (χ0) is 30.5. The molecule has 0 N–H and O–H groups in total. The second-order valence-corrected chi connectivity index (χ2v) is 10.8. The van der Waals surface area contributed by atoms with E-state index in [1.54, 1.807) is 0 Å². The first-order valence-corrected chi connectivity index (χ1v) is 15.7. The van der Waals surface area contributed by atoms with Crippen LogP contribution in [-0.2, 0) is 0 Å². The highest BCUT2D eigenvalue weighted by atomic mass is 14.2. The second kappa shape index (κ2) is 13.0. The highest BCUT2D eigenvalue weighted by Gasteiger charge is 2.19. The molecule has 0 aliphatic heterocycles. The van der Waals surface area contributed by atoms with Gasteiger partial charge in [-0.05, 0) is 109 Å². The van der Waals surface area contributed by atoms with Crippen molar-refractivity contribution >= 4 is 37.9 Å². The zero-order valence-corrected chi connectivity index (χ0v) is 26.0. The van der Waals surface area contributed by atoms with Gasteiger partial charge in [-0.3, -0.25) is 0 Å². The Morgan fingerprint density at radius 1 is 0.455 bits per heavy atom. The van der Waals surface area contributed by atoms with Crippen LogP contribution in [0.3, 0.4) is 0 Å². The van der Waals surface area contributed by atoms with Gasteiger partial charge in [-0.15, -0.1) is 0 Å². The van der Waals surface area contributed by atoms with Gasteiger partial charge in [-0.25, -0.2) is 0 Å². The van der Waals surface area contributed by atoms with Gasteiger partial charge in [0.2, 0.25) is 0 Å². The summed E-state index contributed by atoms with van der Waals surface area (Å²) in [6.45, 7) is 8.20. The molecule has 7 rings (SSSR count). The number of hydrogen-bond acceptors (Lipinski definition) is 0. The lowest BCUT2D eigenvalue weighted by Gasteiger charge is -2.20. The van der Waals surface area contributed by atoms with E-state index in [4.69, 9.17) is 0 Å². The highest BCUT2D eigenvalue weighted by molar-refractivity contribution is 6.23. The number of fused-ring (bicyclic) bond motifs is 3. The van der Waals surface area contributed by atoms with Gasteiger partial charge in [-0.2, -0.15) is 0 Å². The number of allylic oxidation sites excluding steroid dienone is 4. The van der Waals surface area contributed by atoms with Crippen molar-refractivity contribution in [2.75, 3.05) is 0 Å². The van der Waals surface area contributed by atoms with Gasteiger partial charge in [0.05, 0.1) is 0 Å². The molecule has 0 saturated carbocycles. The van der Waals surface area contributed by atoms with Crippen LogP contribution in [0.5, 0.6) is 0 Å². The van der Waals surface area contributed by atoms with Crippen molar-refractivity contribution in [3.05, 3.63) is 163 Å². The summed E-state index contributed by atoms with van der Waals surface area (Å²) in [6.07, 6.45) is 6.52. The summed E-state index contributed by atoms with van der Waals surface area (Å²) >= 11 is 0. The Balaban J connectivity index is 0.00000168. The average Bonchev–Trinajstić information content (AvgIpc) is 3.10. The zero-order valence-electron chi connectivity index (χ0n) is 26.0. The predicted octanol–water partition coefficient (Wildman–Crippen LogP) is 13.2. The van der Waals surface area contributed by atoms with Crippen LogP contribution >= 0.6 is 0 Å².